The van der Waals surface area contributed by atoms with Crippen LogP contribution in [0.4, 0.5) is 0 Å². The molecule has 2 nitrogen and oxygen atoms in total. The normalized spacial score (nSPS) is 9.00. The van der Waals surface area contributed by atoms with Crippen molar-refractivity contribution < 1.29 is 4.79 Å². The minimum atomic E-state index is -0.0575. The van der Waals surface area contributed by atoms with Gasteiger partial charge in [0.1, 0.15) is 0 Å². The molecule has 1 amide bonds. The van der Waals surface area contributed by atoms with Gasteiger partial charge in [0.25, 0.3) is 0 Å². The van der Waals surface area contributed by atoms with Gasteiger partial charge in [0, 0.05) is 6.54 Å². The van der Waals surface area contributed by atoms with Crippen molar-refractivity contribution in [2.24, 2.45) is 0 Å². The highest BCUT2D eigenvalue weighted by molar-refractivity contribution is 5.86. The maximum Gasteiger partial charge on any atom is 0.243 e. The third kappa shape index (κ3) is 20.4. The summed E-state index contributed by atoms with van der Waals surface area (Å²) < 4.78 is 0. The Morgan fingerprint density at radius 2 is 1.44 bits per heavy atom. The summed E-state index contributed by atoms with van der Waals surface area (Å²) in [4.78, 5) is 10.8. The van der Waals surface area contributed by atoms with E-state index in [0.717, 1.165) is 13.0 Å². The van der Waals surface area contributed by atoms with Crippen molar-refractivity contribution in [3.63, 3.8) is 0 Å². The van der Waals surface area contributed by atoms with Crippen LogP contribution < -0.4 is 5.32 Å². The number of carbonyl (C=O) groups is 1. The highest BCUT2D eigenvalue weighted by atomic mass is 16.1. The third-order valence-electron chi connectivity index (χ3n) is 2.51. The molecule has 0 radical (unpaired) electrons. The van der Waals surface area contributed by atoms with Gasteiger partial charge in [-0.3, -0.25) is 4.79 Å². The maximum absolute atomic E-state index is 10.8. The molecule has 0 aliphatic rings. The number of hydrogen-bond acceptors (Lipinski definition) is 1. The highest BCUT2D eigenvalue weighted by Gasteiger charge is 1.93. The zero-order valence-electron chi connectivity index (χ0n) is 12.3. The van der Waals surface area contributed by atoms with E-state index in [2.05, 4.69) is 25.4 Å². The summed E-state index contributed by atoms with van der Waals surface area (Å²) in [5, 5.41) is 2.79. The first-order chi connectivity index (χ1) is 8.72. The minimum absolute atomic E-state index is 0.0575. The molecule has 0 heterocycles. The standard InChI is InChI=1S/C13H25NO.C3H6/c1-3-5-6-7-8-9-10-11-12-14-13(15)4-2;1-3-2/h4H,2-3,5-12H2,1H3,(H,14,15);3H,1H2,2H3. The molecule has 0 aliphatic heterocycles. The van der Waals surface area contributed by atoms with Gasteiger partial charge in [0.05, 0.1) is 0 Å². The summed E-state index contributed by atoms with van der Waals surface area (Å²) in [6, 6.07) is 0. The SMILES string of the molecule is C=CC.C=CC(=O)NCCCCCCCCCC. The van der Waals surface area contributed by atoms with Crippen LogP contribution in [-0.4, -0.2) is 12.5 Å². The topological polar surface area (TPSA) is 29.1 Å². The second-order valence-electron chi connectivity index (χ2n) is 4.38. The second-order valence-corrected chi connectivity index (χ2v) is 4.38. The molecule has 0 saturated carbocycles. The minimum Gasteiger partial charge on any atom is -0.353 e. The number of hydrogen-bond donors (Lipinski definition) is 1. The summed E-state index contributed by atoms with van der Waals surface area (Å²) in [5.41, 5.74) is 0. The molecule has 0 atom stereocenters. The van der Waals surface area contributed by atoms with E-state index in [9.17, 15) is 4.79 Å². The molecule has 0 bridgehead atoms. The molecule has 2 heteroatoms. The van der Waals surface area contributed by atoms with Crippen LogP contribution in [0.15, 0.2) is 25.3 Å². The third-order valence-corrected chi connectivity index (χ3v) is 2.51. The van der Waals surface area contributed by atoms with Gasteiger partial charge < -0.3 is 5.32 Å². The molecule has 106 valence electrons. The van der Waals surface area contributed by atoms with Crippen molar-refractivity contribution in [2.45, 2.75) is 65.2 Å². The Kier molecular flexibility index (Phi) is 19.6. The number of nitrogens with one attached hydrogen (secondary N) is 1. The maximum atomic E-state index is 10.8. The quantitative estimate of drug-likeness (QED) is 0.343. The fourth-order valence-corrected chi connectivity index (χ4v) is 1.54. The lowest BCUT2D eigenvalue weighted by atomic mass is 10.1. The molecule has 0 unspecified atom stereocenters. The van der Waals surface area contributed by atoms with Gasteiger partial charge in [0.15, 0.2) is 0 Å². The van der Waals surface area contributed by atoms with Crippen LogP contribution in [0.5, 0.6) is 0 Å². The lowest BCUT2D eigenvalue weighted by Gasteiger charge is -2.02. The average Bonchev–Trinajstić information content (AvgIpc) is 2.37. The Balaban J connectivity index is 0. The first-order valence-electron chi connectivity index (χ1n) is 7.20. The van der Waals surface area contributed by atoms with Crippen molar-refractivity contribution in [2.75, 3.05) is 6.54 Å². The number of allylic oxidation sites excluding steroid dienone is 1. The van der Waals surface area contributed by atoms with Crippen molar-refractivity contribution in [1.29, 1.82) is 0 Å². The van der Waals surface area contributed by atoms with Gasteiger partial charge in [-0.15, -0.1) is 6.58 Å². The molecule has 18 heavy (non-hydrogen) atoms. The van der Waals surface area contributed by atoms with Crippen molar-refractivity contribution in [3.8, 4) is 0 Å². The summed E-state index contributed by atoms with van der Waals surface area (Å²) in [6.45, 7) is 11.7. The van der Waals surface area contributed by atoms with Gasteiger partial charge >= 0.3 is 0 Å². The number of carbonyl (C=O) groups excluding carboxylic acids is 1. The highest BCUT2D eigenvalue weighted by Crippen LogP contribution is 2.07. The fourth-order valence-electron chi connectivity index (χ4n) is 1.54. The average molecular weight is 253 g/mol. The lowest BCUT2D eigenvalue weighted by molar-refractivity contribution is -0.116. The molecular formula is C16H31NO. The second kappa shape index (κ2) is 18.3. The lowest BCUT2D eigenvalue weighted by Crippen LogP contribution is -2.21. The molecular weight excluding hydrogens is 222 g/mol. The van der Waals surface area contributed by atoms with E-state index in [4.69, 9.17) is 0 Å². The Morgan fingerprint density at radius 1 is 1.00 bits per heavy atom. The van der Waals surface area contributed by atoms with Crippen molar-refractivity contribution in [1.82, 2.24) is 5.32 Å². The van der Waals surface area contributed by atoms with E-state index in [1.807, 2.05) is 6.92 Å². The van der Waals surface area contributed by atoms with E-state index in [-0.39, 0.29) is 5.91 Å². The van der Waals surface area contributed by atoms with Gasteiger partial charge in [-0.1, -0.05) is 64.5 Å². The first kappa shape index (κ1) is 19.3. The summed E-state index contributed by atoms with van der Waals surface area (Å²) in [5.74, 6) is -0.0575. The Bertz CT molecular complexity index is 199. The van der Waals surface area contributed by atoms with Crippen LogP contribution in [-0.2, 0) is 4.79 Å². The number of amides is 1. The van der Waals surface area contributed by atoms with E-state index >= 15 is 0 Å². The fraction of sp³-hybridized carbons (Fsp3) is 0.688. The Morgan fingerprint density at radius 3 is 1.89 bits per heavy atom. The van der Waals surface area contributed by atoms with E-state index < -0.39 is 0 Å². The summed E-state index contributed by atoms with van der Waals surface area (Å²) >= 11 is 0. The molecule has 0 rings (SSSR count). The van der Waals surface area contributed by atoms with E-state index in [1.165, 1.54) is 51.0 Å². The molecule has 0 aromatic rings. The van der Waals surface area contributed by atoms with Gasteiger partial charge in [-0.2, -0.15) is 0 Å². The van der Waals surface area contributed by atoms with E-state index in [0.29, 0.717) is 0 Å². The summed E-state index contributed by atoms with van der Waals surface area (Å²) in [6.07, 6.45) is 13.5. The molecule has 0 aliphatic carbocycles. The number of rotatable bonds is 10. The van der Waals surface area contributed by atoms with Crippen LogP contribution in [0.25, 0.3) is 0 Å². The monoisotopic (exact) mass is 253 g/mol. The zero-order chi connectivity index (χ0) is 14.1. The first-order valence-corrected chi connectivity index (χ1v) is 7.20. The van der Waals surface area contributed by atoms with Gasteiger partial charge in [-0.05, 0) is 19.4 Å². The molecule has 0 aromatic carbocycles. The van der Waals surface area contributed by atoms with Crippen LogP contribution in [0, 0.1) is 0 Å². The Labute approximate surface area is 114 Å². The molecule has 0 saturated heterocycles. The van der Waals surface area contributed by atoms with Gasteiger partial charge in [0.2, 0.25) is 5.91 Å². The predicted octanol–water partition coefficient (Wildman–Crippen LogP) is 4.62. The van der Waals surface area contributed by atoms with Crippen LogP contribution >= 0.6 is 0 Å². The Hall–Kier alpha value is -1.05. The molecule has 1 N–H and O–H groups in total. The van der Waals surface area contributed by atoms with Gasteiger partial charge in [-0.25, -0.2) is 0 Å². The largest absolute Gasteiger partial charge is 0.353 e. The zero-order valence-corrected chi connectivity index (χ0v) is 12.3. The molecule has 0 spiro atoms. The number of unbranched alkanes of at least 4 members (excludes halogenated alkanes) is 7. The summed E-state index contributed by atoms with van der Waals surface area (Å²) in [7, 11) is 0. The van der Waals surface area contributed by atoms with E-state index in [1.54, 1.807) is 6.08 Å². The van der Waals surface area contributed by atoms with Crippen LogP contribution in [0.3, 0.4) is 0 Å². The molecule has 0 fully saturated rings. The van der Waals surface area contributed by atoms with Crippen LogP contribution in [0.2, 0.25) is 0 Å². The molecule has 0 aromatic heterocycles. The van der Waals surface area contributed by atoms with Crippen molar-refractivity contribution in [3.05, 3.63) is 25.3 Å². The predicted molar refractivity (Wildman–Crippen MR) is 81.7 cm³/mol. The smallest absolute Gasteiger partial charge is 0.243 e. The van der Waals surface area contributed by atoms with Crippen LogP contribution in [0.1, 0.15) is 65.2 Å². The van der Waals surface area contributed by atoms with Crippen molar-refractivity contribution >= 4 is 5.91 Å².